The summed E-state index contributed by atoms with van der Waals surface area (Å²) in [6, 6.07) is 0. The molecule has 0 rings (SSSR count). The van der Waals surface area contributed by atoms with Gasteiger partial charge in [0.1, 0.15) is 0 Å². The Balaban J connectivity index is 3.60. The van der Waals surface area contributed by atoms with Gasteiger partial charge in [-0.05, 0) is 0 Å². The van der Waals surface area contributed by atoms with Gasteiger partial charge in [-0.15, -0.1) is 0 Å². The zero-order chi connectivity index (χ0) is 4.28. The monoisotopic (exact) mass is 146 g/mol. The molecule has 0 aromatic carbocycles. The molecule has 0 aliphatic heterocycles. The summed E-state index contributed by atoms with van der Waals surface area (Å²) in [6.07, 6.45) is 0. The maximum absolute atomic E-state index is 3.82. The van der Waals surface area contributed by atoms with Crippen LogP contribution in [0.3, 0.4) is 0 Å². The van der Waals surface area contributed by atoms with Gasteiger partial charge in [0.2, 0.25) is 0 Å². The molecule has 1 heteroatoms. The molecule has 0 nitrogen and oxygen atoms in total. The SMILES string of the molecule is [CH2]=[Zr]=[C](C)C. The summed E-state index contributed by atoms with van der Waals surface area (Å²) in [5.74, 6) is 0. The molecule has 5 heavy (non-hydrogen) atoms. The van der Waals surface area contributed by atoms with E-state index in [0.29, 0.717) is 0 Å². The fourth-order valence-corrected chi connectivity index (χ4v) is 0. The van der Waals surface area contributed by atoms with Gasteiger partial charge in [0, 0.05) is 0 Å². The minimum absolute atomic E-state index is 0.199. The first-order chi connectivity index (χ1) is 2.27. The molecule has 0 aliphatic carbocycles. The van der Waals surface area contributed by atoms with Crippen molar-refractivity contribution in [1.82, 2.24) is 0 Å². The molecule has 0 amide bonds. The summed E-state index contributed by atoms with van der Waals surface area (Å²) < 4.78 is 5.38. The molecule has 0 N–H and O–H groups in total. The van der Waals surface area contributed by atoms with Gasteiger partial charge in [-0.25, -0.2) is 0 Å². The maximum atomic E-state index is 3.82. The molecular formula is C4H8Zr. The first kappa shape index (κ1) is 5.62. The van der Waals surface area contributed by atoms with Gasteiger partial charge in [0.15, 0.2) is 0 Å². The summed E-state index contributed by atoms with van der Waals surface area (Å²) in [5, 5.41) is 0. The second-order valence-electron chi connectivity index (χ2n) is 1.18. The van der Waals surface area contributed by atoms with E-state index in [0.717, 1.165) is 0 Å². The number of hydrogen-bond acceptors (Lipinski definition) is 0. The Hall–Kier alpha value is 0.623. The quantitative estimate of drug-likeness (QED) is 0.473. The molecule has 0 heterocycles. The first-order valence-electron chi connectivity index (χ1n) is 1.60. The van der Waals surface area contributed by atoms with Crippen LogP contribution in [0.1, 0.15) is 13.8 Å². The molecule has 0 saturated carbocycles. The Morgan fingerprint density at radius 1 is 1.60 bits per heavy atom. The molecule has 0 atom stereocenters. The summed E-state index contributed by atoms with van der Waals surface area (Å²) >= 11 is -0.199. The molecular weight excluding hydrogens is 139 g/mol. The predicted molar refractivity (Wildman–Crippen MR) is 23.5 cm³/mol. The Morgan fingerprint density at radius 3 is 1.80 bits per heavy atom. The van der Waals surface area contributed by atoms with E-state index in [1.54, 1.807) is 3.21 Å². The zero-order valence-corrected chi connectivity index (χ0v) is 6.17. The van der Waals surface area contributed by atoms with Gasteiger partial charge in [-0.2, -0.15) is 0 Å². The molecule has 0 spiro atoms. The molecule has 0 radical (unpaired) electrons. The molecule has 0 saturated heterocycles. The van der Waals surface area contributed by atoms with Crippen molar-refractivity contribution < 1.29 is 22.3 Å². The zero-order valence-electron chi connectivity index (χ0n) is 3.71. The fraction of sp³-hybridized carbons (Fsp3) is 0.500. The molecule has 0 aliphatic rings. The Labute approximate surface area is 43.7 Å². The summed E-state index contributed by atoms with van der Waals surface area (Å²) in [4.78, 5) is 0. The number of hydrogen-bond donors (Lipinski definition) is 0. The average molecular weight is 147 g/mol. The summed E-state index contributed by atoms with van der Waals surface area (Å²) in [5.41, 5.74) is 0. The van der Waals surface area contributed by atoms with Gasteiger partial charge in [-0.3, -0.25) is 0 Å². The van der Waals surface area contributed by atoms with Gasteiger partial charge in [0.25, 0.3) is 0 Å². The van der Waals surface area contributed by atoms with Crippen molar-refractivity contribution in [2.45, 2.75) is 13.8 Å². The average Bonchev–Trinajstić information content (AvgIpc) is 1.38. The molecule has 0 bridgehead atoms. The topological polar surface area (TPSA) is 0 Å². The van der Waals surface area contributed by atoms with Crippen LogP contribution >= 0.6 is 0 Å². The fourth-order valence-electron chi connectivity index (χ4n) is 0. The van der Waals surface area contributed by atoms with E-state index in [1.807, 2.05) is 0 Å². The first-order valence-corrected chi connectivity index (χ1v) is 4.57. The van der Waals surface area contributed by atoms with Crippen LogP contribution in [0, 0.1) is 0 Å². The van der Waals surface area contributed by atoms with Crippen molar-refractivity contribution in [3.05, 3.63) is 0 Å². The molecule has 0 aromatic heterocycles. The van der Waals surface area contributed by atoms with Crippen molar-refractivity contribution >= 4 is 7.42 Å². The van der Waals surface area contributed by atoms with E-state index in [2.05, 4.69) is 18.1 Å². The number of rotatable bonds is 0. The third-order valence-corrected chi connectivity index (χ3v) is 2.09. The van der Waals surface area contributed by atoms with Crippen LogP contribution in [0.15, 0.2) is 0 Å². The van der Waals surface area contributed by atoms with Gasteiger partial charge < -0.3 is 0 Å². The van der Waals surface area contributed by atoms with Crippen LogP contribution in [0.4, 0.5) is 0 Å². The molecule has 0 fully saturated rings. The van der Waals surface area contributed by atoms with Crippen LogP contribution in [0.5, 0.6) is 0 Å². The van der Waals surface area contributed by atoms with E-state index < -0.39 is 0 Å². The second kappa shape index (κ2) is 2.84. The third-order valence-electron chi connectivity index (χ3n) is 0.354. The van der Waals surface area contributed by atoms with E-state index >= 15 is 0 Å². The Bertz CT molecular complexity index is 63.7. The second-order valence-corrected chi connectivity index (χ2v) is 4.50. The van der Waals surface area contributed by atoms with Crippen LogP contribution < -0.4 is 0 Å². The van der Waals surface area contributed by atoms with E-state index in [4.69, 9.17) is 0 Å². The van der Waals surface area contributed by atoms with E-state index in [9.17, 15) is 0 Å². The van der Waals surface area contributed by atoms with Crippen molar-refractivity contribution in [3.8, 4) is 0 Å². The predicted octanol–water partition coefficient (Wildman–Crippen LogP) is 0.713. The van der Waals surface area contributed by atoms with E-state index in [-0.39, 0.29) is 22.3 Å². The normalized spacial score (nSPS) is 6.00. The molecule has 28 valence electrons. The van der Waals surface area contributed by atoms with Crippen molar-refractivity contribution in [1.29, 1.82) is 0 Å². The summed E-state index contributed by atoms with van der Waals surface area (Å²) in [7, 11) is 0. The molecule has 0 aromatic rings. The third kappa shape index (κ3) is 4.62. The Kier molecular flexibility index (Phi) is 3.19. The standard InChI is InChI=1S/C3H6.CH2.Zr/c1-3-2;;/h1-2H3;1H2;. The van der Waals surface area contributed by atoms with Gasteiger partial charge >= 0.3 is 43.5 Å². The summed E-state index contributed by atoms with van der Waals surface area (Å²) in [6.45, 7) is 4.30. The van der Waals surface area contributed by atoms with Crippen molar-refractivity contribution in [3.63, 3.8) is 0 Å². The van der Waals surface area contributed by atoms with Gasteiger partial charge in [0.05, 0.1) is 0 Å². The minimum atomic E-state index is -0.199. The van der Waals surface area contributed by atoms with Crippen LogP contribution in [0.25, 0.3) is 0 Å². The van der Waals surface area contributed by atoms with Crippen LogP contribution in [-0.4, -0.2) is 7.42 Å². The van der Waals surface area contributed by atoms with Crippen LogP contribution in [0.2, 0.25) is 0 Å². The van der Waals surface area contributed by atoms with E-state index in [1.165, 1.54) is 0 Å². The molecule has 0 unspecified atom stereocenters. The van der Waals surface area contributed by atoms with Gasteiger partial charge in [-0.1, -0.05) is 0 Å². The Morgan fingerprint density at radius 2 is 1.80 bits per heavy atom. The van der Waals surface area contributed by atoms with Crippen molar-refractivity contribution in [2.24, 2.45) is 0 Å². The van der Waals surface area contributed by atoms with Crippen molar-refractivity contribution in [2.75, 3.05) is 0 Å². The van der Waals surface area contributed by atoms with Crippen LogP contribution in [-0.2, 0) is 22.3 Å².